The summed E-state index contributed by atoms with van der Waals surface area (Å²) in [7, 11) is 0. The summed E-state index contributed by atoms with van der Waals surface area (Å²) in [6.07, 6.45) is 6.93. The largest absolute Gasteiger partial charge is 0.272 e. The third-order valence-electron chi connectivity index (χ3n) is 5.64. The monoisotopic (exact) mass is 457 g/mol. The molecule has 2 aliphatic rings. The van der Waals surface area contributed by atoms with E-state index in [4.69, 9.17) is 5.10 Å². The molecule has 6 nitrogen and oxygen atoms in total. The number of nitrogens with one attached hydrogen (secondary N) is 1. The Kier molecular flexibility index (Phi) is 6.01. The first kappa shape index (κ1) is 20.0. The van der Waals surface area contributed by atoms with Gasteiger partial charge in [0.25, 0.3) is 5.91 Å². The van der Waals surface area contributed by atoms with Gasteiger partial charge >= 0.3 is 0 Å². The maximum Gasteiger partial charge on any atom is 0.253 e. The van der Waals surface area contributed by atoms with Crippen molar-refractivity contribution in [2.24, 2.45) is 11.0 Å². The summed E-state index contributed by atoms with van der Waals surface area (Å²) in [5.41, 5.74) is 0.985. The van der Waals surface area contributed by atoms with E-state index < -0.39 is 0 Å². The van der Waals surface area contributed by atoms with E-state index in [1.807, 2.05) is 17.5 Å². The molecule has 4 heterocycles. The van der Waals surface area contributed by atoms with Crippen molar-refractivity contribution < 1.29 is 4.79 Å². The fourth-order valence-electron chi connectivity index (χ4n) is 4.15. The van der Waals surface area contributed by atoms with Crippen LogP contribution in [-0.4, -0.2) is 37.6 Å². The Hall–Kier alpha value is -1.97. The van der Waals surface area contributed by atoms with Crippen LogP contribution >= 0.6 is 34.4 Å². The molecule has 0 bridgehead atoms. The van der Waals surface area contributed by atoms with Gasteiger partial charge in [0.15, 0.2) is 0 Å². The highest BCUT2D eigenvalue weighted by molar-refractivity contribution is 7.99. The van der Waals surface area contributed by atoms with Crippen LogP contribution in [0.1, 0.15) is 53.7 Å². The summed E-state index contributed by atoms with van der Waals surface area (Å²) in [5.74, 6) is 1.93. The molecule has 1 unspecified atom stereocenters. The summed E-state index contributed by atoms with van der Waals surface area (Å²) >= 11 is 4.72. The number of hydrogen-bond acceptors (Lipinski definition) is 7. The third-order valence-corrected chi connectivity index (χ3v) is 8.36. The van der Waals surface area contributed by atoms with E-state index in [0.717, 1.165) is 35.2 Å². The van der Waals surface area contributed by atoms with Gasteiger partial charge in [-0.3, -0.25) is 9.89 Å². The van der Waals surface area contributed by atoms with Crippen molar-refractivity contribution in [3.05, 3.63) is 50.6 Å². The molecule has 0 saturated heterocycles. The summed E-state index contributed by atoms with van der Waals surface area (Å²) in [6, 6.07) is 8.17. The average molecular weight is 458 g/mol. The number of thioether (sulfide) groups is 1. The standard InChI is InChI=1S/C21H23N5OS3/c27-20(13-30-21-22-19(23-24-21)11-14-5-1-2-6-14)26-16(18-8-4-10-29-18)12-15(25-26)17-7-3-9-28-17/h3-4,7-10,14,16H,1-2,5-6,11-13H2,(H,22,23,24). The van der Waals surface area contributed by atoms with Gasteiger partial charge in [-0.2, -0.15) is 5.10 Å². The van der Waals surface area contributed by atoms with E-state index in [9.17, 15) is 4.79 Å². The lowest BCUT2D eigenvalue weighted by atomic mass is 10.0. The SMILES string of the molecule is O=C(CSc1n[nH]c(CC2CCCC2)n1)N1N=C(c2cccs2)CC1c1cccs1. The zero-order chi connectivity index (χ0) is 20.3. The van der Waals surface area contributed by atoms with E-state index in [-0.39, 0.29) is 17.7 Å². The Balaban J connectivity index is 1.25. The number of H-pyrrole nitrogens is 1. The highest BCUT2D eigenvalue weighted by atomic mass is 32.2. The first-order chi connectivity index (χ1) is 14.8. The van der Waals surface area contributed by atoms with E-state index in [2.05, 4.69) is 32.7 Å². The predicted octanol–water partition coefficient (Wildman–Crippen LogP) is 5.13. The van der Waals surface area contributed by atoms with Gasteiger partial charge in [0.2, 0.25) is 5.16 Å². The number of thiophene rings is 2. The number of carbonyl (C=O) groups is 1. The lowest BCUT2D eigenvalue weighted by molar-refractivity contribution is -0.130. The second-order valence-electron chi connectivity index (χ2n) is 7.71. The first-order valence-corrected chi connectivity index (χ1v) is 13.0. The zero-order valence-electron chi connectivity index (χ0n) is 16.5. The van der Waals surface area contributed by atoms with E-state index in [1.54, 1.807) is 27.7 Å². The van der Waals surface area contributed by atoms with Crippen molar-refractivity contribution in [2.75, 3.05) is 5.75 Å². The molecule has 1 N–H and O–H groups in total. The van der Waals surface area contributed by atoms with E-state index in [1.165, 1.54) is 42.3 Å². The van der Waals surface area contributed by atoms with Crippen molar-refractivity contribution in [1.29, 1.82) is 0 Å². The number of aromatic nitrogens is 3. The number of hydrazone groups is 1. The molecule has 3 aromatic heterocycles. The van der Waals surface area contributed by atoms with Crippen LogP contribution in [0, 0.1) is 5.92 Å². The Morgan fingerprint density at radius 3 is 2.80 bits per heavy atom. The molecule has 1 aliphatic heterocycles. The van der Waals surface area contributed by atoms with Gasteiger partial charge in [0.05, 0.1) is 22.4 Å². The van der Waals surface area contributed by atoms with Crippen LogP contribution in [0.5, 0.6) is 0 Å². The van der Waals surface area contributed by atoms with Crippen LogP contribution in [0.4, 0.5) is 0 Å². The van der Waals surface area contributed by atoms with E-state index in [0.29, 0.717) is 5.16 Å². The van der Waals surface area contributed by atoms with Gasteiger partial charge < -0.3 is 0 Å². The fraction of sp³-hybridized carbons (Fsp3) is 0.429. The highest BCUT2D eigenvalue weighted by Crippen LogP contribution is 2.36. The molecule has 1 amide bonds. The number of hydrogen-bond donors (Lipinski definition) is 1. The van der Waals surface area contributed by atoms with Crippen LogP contribution in [0.3, 0.4) is 0 Å². The minimum absolute atomic E-state index is 0.00732. The van der Waals surface area contributed by atoms with Crippen molar-refractivity contribution in [3.8, 4) is 0 Å². The molecule has 1 aliphatic carbocycles. The summed E-state index contributed by atoms with van der Waals surface area (Å²) in [5, 5.41) is 18.5. The van der Waals surface area contributed by atoms with Crippen molar-refractivity contribution >= 4 is 46.1 Å². The maximum atomic E-state index is 13.1. The van der Waals surface area contributed by atoms with Crippen molar-refractivity contribution in [3.63, 3.8) is 0 Å². The third kappa shape index (κ3) is 4.38. The van der Waals surface area contributed by atoms with Crippen LogP contribution in [-0.2, 0) is 11.2 Å². The van der Waals surface area contributed by atoms with Crippen molar-refractivity contribution in [2.45, 2.75) is 49.7 Å². The number of nitrogens with zero attached hydrogens (tertiary/aromatic N) is 4. The Labute approximate surface area is 187 Å². The number of carbonyl (C=O) groups excluding carboxylic acids is 1. The molecule has 1 atom stereocenters. The molecular formula is C21H23N5OS3. The summed E-state index contributed by atoms with van der Waals surface area (Å²) in [4.78, 5) is 20.0. The van der Waals surface area contributed by atoms with Crippen molar-refractivity contribution in [1.82, 2.24) is 20.2 Å². The lowest BCUT2D eigenvalue weighted by Gasteiger charge is -2.20. The molecule has 30 heavy (non-hydrogen) atoms. The van der Waals surface area contributed by atoms with Gasteiger partial charge in [-0.1, -0.05) is 49.6 Å². The second-order valence-corrected chi connectivity index (χ2v) is 10.6. The maximum absolute atomic E-state index is 13.1. The minimum Gasteiger partial charge on any atom is -0.272 e. The molecule has 3 aromatic rings. The number of amides is 1. The van der Waals surface area contributed by atoms with Crippen LogP contribution in [0.25, 0.3) is 0 Å². The van der Waals surface area contributed by atoms with Crippen LogP contribution in [0.2, 0.25) is 0 Å². The van der Waals surface area contributed by atoms with E-state index >= 15 is 0 Å². The van der Waals surface area contributed by atoms with Gasteiger partial charge in [0.1, 0.15) is 5.82 Å². The van der Waals surface area contributed by atoms with Gasteiger partial charge in [-0.25, -0.2) is 9.99 Å². The van der Waals surface area contributed by atoms with Crippen LogP contribution in [0.15, 0.2) is 45.3 Å². The molecule has 5 rings (SSSR count). The zero-order valence-corrected chi connectivity index (χ0v) is 18.9. The van der Waals surface area contributed by atoms with Crippen LogP contribution < -0.4 is 0 Å². The Morgan fingerprint density at radius 1 is 1.20 bits per heavy atom. The number of rotatable bonds is 7. The predicted molar refractivity (Wildman–Crippen MR) is 122 cm³/mol. The lowest BCUT2D eigenvalue weighted by Crippen LogP contribution is -2.28. The van der Waals surface area contributed by atoms with Gasteiger partial charge in [-0.15, -0.1) is 27.8 Å². The second kappa shape index (κ2) is 9.03. The molecule has 1 saturated carbocycles. The molecule has 9 heteroatoms. The minimum atomic E-state index is -0.0275. The Bertz CT molecular complexity index is 1010. The summed E-state index contributed by atoms with van der Waals surface area (Å²) < 4.78 is 0. The number of aromatic amines is 1. The molecule has 156 valence electrons. The highest BCUT2D eigenvalue weighted by Gasteiger charge is 2.34. The fourth-order valence-corrected chi connectivity index (χ4v) is 6.35. The average Bonchev–Trinajstić information content (AvgIpc) is 3.56. The van der Waals surface area contributed by atoms with Gasteiger partial charge in [0, 0.05) is 17.7 Å². The first-order valence-electron chi connectivity index (χ1n) is 10.3. The molecule has 0 spiro atoms. The smallest absolute Gasteiger partial charge is 0.253 e. The Morgan fingerprint density at radius 2 is 2.03 bits per heavy atom. The quantitative estimate of drug-likeness (QED) is 0.499. The summed E-state index contributed by atoms with van der Waals surface area (Å²) in [6.45, 7) is 0. The molecule has 0 aromatic carbocycles. The molecular weight excluding hydrogens is 434 g/mol. The topological polar surface area (TPSA) is 74.2 Å². The normalized spacial score (nSPS) is 19.5. The molecule has 1 fully saturated rings. The van der Waals surface area contributed by atoms with Gasteiger partial charge in [-0.05, 0) is 28.8 Å². The molecule has 0 radical (unpaired) electrons.